The molecule has 1 heterocycles. The van der Waals surface area contributed by atoms with Crippen LogP contribution in [-0.4, -0.2) is 33.6 Å². The zero-order valence-corrected chi connectivity index (χ0v) is 10.2. The minimum absolute atomic E-state index is 0.119. The van der Waals surface area contributed by atoms with E-state index >= 15 is 0 Å². The quantitative estimate of drug-likeness (QED) is 0.490. The summed E-state index contributed by atoms with van der Waals surface area (Å²) in [5, 5.41) is 19.4. The lowest BCUT2D eigenvalue weighted by Gasteiger charge is -2.15. The molecule has 2 unspecified atom stereocenters. The fourth-order valence-electron chi connectivity index (χ4n) is 1.59. The van der Waals surface area contributed by atoms with E-state index in [1.165, 1.54) is 18.2 Å². The number of benzene rings is 1. The van der Waals surface area contributed by atoms with Gasteiger partial charge < -0.3 is 14.9 Å². The molecule has 0 aromatic heterocycles. The average molecular weight is 301 g/mol. The number of carbonyl (C=O) groups is 2. The predicted octanol–water partition coefficient (Wildman–Crippen LogP) is 0.786. The molecule has 1 aromatic rings. The van der Waals surface area contributed by atoms with E-state index in [1.54, 1.807) is 0 Å². The maximum absolute atomic E-state index is 11.3. The molecule has 5 nitrogen and oxygen atoms in total. The van der Waals surface area contributed by atoms with Crippen molar-refractivity contribution in [2.45, 2.75) is 12.2 Å². The summed E-state index contributed by atoms with van der Waals surface area (Å²) >= 11 is 3.04. The van der Waals surface area contributed by atoms with Gasteiger partial charge in [0.25, 0.3) is 0 Å². The molecule has 1 aromatic carbocycles. The summed E-state index contributed by atoms with van der Waals surface area (Å²) in [6.45, 7) is 0. The lowest BCUT2D eigenvalue weighted by atomic mass is 10.00. The van der Waals surface area contributed by atoms with Gasteiger partial charge in [-0.2, -0.15) is 0 Å². The summed E-state index contributed by atoms with van der Waals surface area (Å²) < 4.78 is 4.42. The Bertz CT molecular complexity index is 485. The number of rotatable bonds is 3. The Balaban J connectivity index is 2.38. The van der Waals surface area contributed by atoms with Crippen molar-refractivity contribution in [1.29, 1.82) is 0 Å². The van der Waals surface area contributed by atoms with Crippen molar-refractivity contribution in [3.8, 4) is 0 Å². The minimum atomic E-state index is -1.12. The Morgan fingerprint density at radius 3 is 2.47 bits per heavy atom. The first-order valence-electron chi connectivity index (χ1n) is 4.87. The van der Waals surface area contributed by atoms with Gasteiger partial charge in [0.2, 0.25) is 0 Å². The van der Waals surface area contributed by atoms with Crippen molar-refractivity contribution in [3.63, 3.8) is 0 Å². The standard InChI is InChI=1S/C11H9BrO5/c12-4-8(13)9(14)5-1-2-6-7(3-5)11(16)17-10(6)15/h1-3,8-9,13-14H,4H2. The number of fused-ring (bicyclic) bond motifs is 1. The number of halogens is 1. The molecule has 1 aliphatic rings. The highest BCUT2D eigenvalue weighted by Crippen LogP contribution is 2.25. The lowest BCUT2D eigenvalue weighted by Crippen LogP contribution is -2.19. The Morgan fingerprint density at radius 1 is 1.18 bits per heavy atom. The summed E-state index contributed by atoms with van der Waals surface area (Å²) in [5.41, 5.74) is 0.662. The summed E-state index contributed by atoms with van der Waals surface area (Å²) in [4.78, 5) is 22.5. The van der Waals surface area contributed by atoms with Crippen LogP contribution in [0.5, 0.6) is 0 Å². The average Bonchev–Trinajstić information content (AvgIpc) is 2.62. The molecule has 0 fully saturated rings. The van der Waals surface area contributed by atoms with Crippen LogP contribution in [0.1, 0.15) is 32.4 Å². The zero-order valence-electron chi connectivity index (χ0n) is 8.59. The topological polar surface area (TPSA) is 83.8 Å². The molecule has 17 heavy (non-hydrogen) atoms. The van der Waals surface area contributed by atoms with Crippen LogP contribution in [0.15, 0.2) is 18.2 Å². The van der Waals surface area contributed by atoms with E-state index < -0.39 is 24.1 Å². The molecule has 90 valence electrons. The molecule has 2 atom stereocenters. The summed E-state index contributed by atoms with van der Waals surface area (Å²) in [6.07, 6.45) is -2.11. The first-order chi connectivity index (χ1) is 8.04. The summed E-state index contributed by atoms with van der Waals surface area (Å²) in [5.74, 6) is -1.42. The molecule has 0 radical (unpaired) electrons. The van der Waals surface area contributed by atoms with Crippen molar-refractivity contribution in [2.75, 3.05) is 5.33 Å². The number of carbonyl (C=O) groups excluding carboxylic acids is 2. The van der Waals surface area contributed by atoms with Gasteiger partial charge >= 0.3 is 11.9 Å². The van der Waals surface area contributed by atoms with Crippen LogP contribution in [0.2, 0.25) is 0 Å². The lowest BCUT2D eigenvalue weighted by molar-refractivity contribution is 0.0341. The van der Waals surface area contributed by atoms with Gasteiger partial charge in [0.1, 0.15) is 6.10 Å². The second-order valence-corrected chi connectivity index (χ2v) is 4.30. The summed E-state index contributed by atoms with van der Waals surface area (Å²) in [7, 11) is 0. The third-order valence-electron chi connectivity index (χ3n) is 2.53. The molecule has 0 saturated carbocycles. The van der Waals surface area contributed by atoms with Crippen LogP contribution in [0.25, 0.3) is 0 Å². The monoisotopic (exact) mass is 300 g/mol. The van der Waals surface area contributed by atoms with Gasteiger partial charge in [0, 0.05) is 5.33 Å². The Kier molecular flexibility index (Phi) is 3.28. The van der Waals surface area contributed by atoms with Gasteiger partial charge in [0.15, 0.2) is 0 Å². The highest BCUT2D eigenvalue weighted by Gasteiger charge is 2.31. The van der Waals surface area contributed by atoms with Gasteiger partial charge in [-0.3, -0.25) is 0 Å². The molecule has 2 rings (SSSR count). The maximum atomic E-state index is 11.3. The van der Waals surface area contributed by atoms with Crippen LogP contribution >= 0.6 is 15.9 Å². The Labute approximate surface area is 105 Å². The second-order valence-electron chi connectivity index (χ2n) is 3.65. The van der Waals surface area contributed by atoms with E-state index in [4.69, 9.17) is 0 Å². The van der Waals surface area contributed by atoms with Crippen LogP contribution in [-0.2, 0) is 4.74 Å². The van der Waals surface area contributed by atoms with E-state index in [0.717, 1.165) is 0 Å². The van der Waals surface area contributed by atoms with E-state index in [-0.39, 0.29) is 16.5 Å². The van der Waals surface area contributed by atoms with E-state index in [2.05, 4.69) is 20.7 Å². The molecule has 2 N–H and O–H groups in total. The Morgan fingerprint density at radius 2 is 1.82 bits per heavy atom. The van der Waals surface area contributed by atoms with Crippen LogP contribution < -0.4 is 0 Å². The second kappa shape index (κ2) is 4.56. The van der Waals surface area contributed by atoms with Gasteiger partial charge in [-0.25, -0.2) is 9.59 Å². The van der Waals surface area contributed by atoms with Gasteiger partial charge in [-0.05, 0) is 17.7 Å². The molecule has 1 aliphatic heterocycles. The van der Waals surface area contributed by atoms with Crippen molar-refractivity contribution in [3.05, 3.63) is 34.9 Å². The van der Waals surface area contributed by atoms with Crippen molar-refractivity contribution >= 4 is 27.9 Å². The minimum Gasteiger partial charge on any atom is -0.389 e. The molecule has 6 heteroatoms. The molecular weight excluding hydrogens is 292 g/mol. The summed E-state index contributed by atoms with van der Waals surface area (Å²) in [6, 6.07) is 4.25. The molecule has 0 amide bonds. The number of ether oxygens (including phenoxy) is 1. The van der Waals surface area contributed by atoms with E-state index in [0.29, 0.717) is 5.56 Å². The number of aliphatic hydroxyl groups excluding tert-OH is 2. The predicted molar refractivity (Wildman–Crippen MR) is 60.9 cm³/mol. The number of esters is 2. The molecular formula is C11H9BrO5. The zero-order chi connectivity index (χ0) is 12.6. The third-order valence-corrected chi connectivity index (χ3v) is 3.20. The van der Waals surface area contributed by atoms with Crippen molar-refractivity contribution in [1.82, 2.24) is 0 Å². The number of cyclic esters (lactones) is 2. The molecule has 0 saturated heterocycles. The van der Waals surface area contributed by atoms with E-state index in [1.807, 2.05) is 0 Å². The highest BCUT2D eigenvalue weighted by molar-refractivity contribution is 9.09. The molecule has 0 spiro atoms. The van der Waals surface area contributed by atoms with Crippen molar-refractivity contribution < 1.29 is 24.5 Å². The number of hydrogen-bond acceptors (Lipinski definition) is 5. The highest BCUT2D eigenvalue weighted by atomic mass is 79.9. The maximum Gasteiger partial charge on any atom is 0.346 e. The smallest absolute Gasteiger partial charge is 0.346 e. The Hall–Kier alpha value is -1.24. The first kappa shape index (κ1) is 12.2. The molecule has 0 bridgehead atoms. The van der Waals surface area contributed by atoms with Crippen molar-refractivity contribution in [2.24, 2.45) is 0 Å². The third kappa shape index (κ3) is 2.11. The molecule has 0 aliphatic carbocycles. The van der Waals surface area contributed by atoms with Crippen LogP contribution in [0.3, 0.4) is 0 Å². The van der Waals surface area contributed by atoms with E-state index in [9.17, 15) is 19.8 Å². The van der Waals surface area contributed by atoms with Gasteiger partial charge in [-0.15, -0.1) is 0 Å². The fourth-order valence-corrected chi connectivity index (χ4v) is 1.95. The SMILES string of the molecule is O=C1OC(=O)c2cc(C(O)C(O)CBr)ccc21. The largest absolute Gasteiger partial charge is 0.389 e. The normalized spacial score (nSPS) is 17.6. The van der Waals surface area contributed by atoms with Gasteiger partial charge in [0.05, 0.1) is 17.2 Å². The number of hydrogen-bond donors (Lipinski definition) is 2. The van der Waals surface area contributed by atoms with Crippen LogP contribution in [0, 0.1) is 0 Å². The van der Waals surface area contributed by atoms with Crippen LogP contribution in [0.4, 0.5) is 0 Å². The van der Waals surface area contributed by atoms with Gasteiger partial charge in [-0.1, -0.05) is 22.0 Å². The fraction of sp³-hybridized carbons (Fsp3) is 0.273. The number of alkyl halides is 1. The first-order valence-corrected chi connectivity index (χ1v) is 5.99. The number of aliphatic hydroxyl groups is 2.